The zero-order valence-electron chi connectivity index (χ0n) is 11.0. The van der Waals surface area contributed by atoms with Crippen LogP contribution in [-0.2, 0) is 0 Å². The number of pyridine rings is 1. The molecule has 2 saturated heterocycles. The van der Waals surface area contributed by atoms with E-state index in [-0.39, 0.29) is 11.7 Å². The third-order valence-corrected chi connectivity index (χ3v) is 4.10. The van der Waals surface area contributed by atoms with Crippen molar-refractivity contribution in [3.63, 3.8) is 0 Å². The van der Waals surface area contributed by atoms with Crippen LogP contribution in [-0.4, -0.2) is 58.0 Å². The van der Waals surface area contributed by atoms with E-state index in [1.165, 1.54) is 44.3 Å². The molecule has 2 aliphatic rings. The second-order valence-corrected chi connectivity index (χ2v) is 5.37. The van der Waals surface area contributed by atoms with Crippen LogP contribution < -0.4 is 0 Å². The summed E-state index contributed by atoms with van der Waals surface area (Å²) in [5.74, 6) is 0.0239. The Morgan fingerprint density at radius 2 is 2.16 bits per heavy atom. The SMILES string of the molecule is O=C(c1cncc(O)c1)N1CCN2CCCCC2C1. The van der Waals surface area contributed by atoms with Gasteiger partial charge in [0.25, 0.3) is 5.91 Å². The van der Waals surface area contributed by atoms with Crippen molar-refractivity contribution >= 4 is 5.91 Å². The Balaban J connectivity index is 1.71. The number of amides is 1. The van der Waals surface area contributed by atoms with Gasteiger partial charge in [0.05, 0.1) is 11.8 Å². The van der Waals surface area contributed by atoms with E-state index in [1.807, 2.05) is 4.90 Å². The van der Waals surface area contributed by atoms with Crippen LogP contribution in [0.3, 0.4) is 0 Å². The molecular weight excluding hydrogens is 242 g/mol. The van der Waals surface area contributed by atoms with Crippen LogP contribution in [0, 0.1) is 0 Å². The van der Waals surface area contributed by atoms with Crippen molar-refractivity contribution in [3.05, 3.63) is 24.0 Å². The average molecular weight is 261 g/mol. The zero-order valence-corrected chi connectivity index (χ0v) is 11.0. The first kappa shape index (κ1) is 12.4. The Morgan fingerprint density at radius 3 is 3.00 bits per heavy atom. The minimum absolute atomic E-state index is 0.0198. The smallest absolute Gasteiger partial charge is 0.255 e. The molecule has 0 bridgehead atoms. The molecule has 1 unspecified atom stereocenters. The third kappa shape index (κ3) is 2.56. The minimum atomic E-state index is -0.0198. The summed E-state index contributed by atoms with van der Waals surface area (Å²) in [6.07, 6.45) is 6.59. The number of hydrogen-bond acceptors (Lipinski definition) is 4. The molecule has 0 saturated carbocycles. The highest BCUT2D eigenvalue weighted by molar-refractivity contribution is 5.94. The van der Waals surface area contributed by atoms with Crippen molar-refractivity contribution < 1.29 is 9.90 Å². The van der Waals surface area contributed by atoms with E-state index in [0.717, 1.165) is 19.6 Å². The normalized spacial score (nSPS) is 24.0. The maximum Gasteiger partial charge on any atom is 0.255 e. The van der Waals surface area contributed by atoms with Gasteiger partial charge in [0, 0.05) is 31.9 Å². The maximum atomic E-state index is 12.4. The average Bonchev–Trinajstić information content (AvgIpc) is 2.46. The molecule has 5 nitrogen and oxygen atoms in total. The van der Waals surface area contributed by atoms with Crippen LogP contribution in [0.25, 0.3) is 0 Å². The number of piperidine rings is 1. The van der Waals surface area contributed by atoms with Gasteiger partial charge in [-0.2, -0.15) is 0 Å². The summed E-state index contributed by atoms with van der Waals surface area (Å²) in [4.78, 5) is 20.6. The fraction of sp³-hybridized carbons (Fsp3) is 0.571. The van der Waals surface area contributed by atoms with Gasteiger partial charge in [-0.05, 0) is 25.5 Å². The van der Waals surface area contributed by atoms with Crippen molar-refractivity contribution in [2.75, 3.05) is 26.2 Å². The summed E-state index contributed by atoms with van der Waals surface area (Å²) in [7, 11) is 0. The number of aromatic nitrogens is 1. The molecule has 2 aliphatic heterocycles. The number of carbonyl (C=O) groups excluding carboxylic acids is 1. The van der Waals surface area contributed by atoms with Crippen molar-refractivity contribution in [1.29, 1.82) is 0 Å². The largest absolute Gasteiger partial charge is 0.506 e. The molecule has 3 heterocycles. The lowest BCUT2D eigenvalue weighted by atomic mass is 9.99. The van der Waals surface area contributed by atoms with Gasteiger partial charge >= 0.3 is 0 Å². The monoisotopic (exact) mass is 261 g/mol. The third-order valence-electron chi connectivity index (χ3n) is 4.10. The lowest BCUT2D eigenvalue weighted by Crippen LogP contribution is -2.56. The molecule has 1 N–H and O–H groups in total. The van der Waals surface area contributed by atoms with Gasteiger partial charge in [0.1, 0.15) is 5.75 Å². The number of piperazine rings is 1. The molecule has 19 heavy (non-hydrogen) atoms. The van der Waals surface area contributed by atoms with Gasteiger partial charge in [0.2, 0.25) is 0 Å². The van der Waals surface area contributed by atoms with Gasteiger partial charge in [-0.3, -0.25) is 14.7 Å². The molecular formula is C14H19N3O2. The second kappa shape index (κ2) is 5.17. The van der Waals surface area contributed by atoms with Crippen molar-refractivity contribution in [2.45, 2.75) is 25.3 Å². The van der Waals surface area contributed by atoms with E-state index >= 15 is 0 Å². The Bertz CT molecular complexity index is 478. The van der Waals surface area contributed by atoms with Gasteiger partial charge in [-0.15, -0.1) is 0 Å². The van der Waals surface area contributed by atoms with E-state index in [9.17, 15) is 9.90 Å². The first-order chi connectivity index (χ1) is 9.24. The molecule has 1 aromatic heterocycles. The predicted molar refractivity (Wildman–Crippen MR) is 71.0 cm³/mol. The highest BCUT2D eigenvalue weighted by atomic mass is 16.3. The topological polar surface area (TPSA) is 56.7 Å². The summed E-state index contributed by atoms with van der Waals surface area (Å²) in [6.45, 7) is 3.70. The molecule has 0 aliphatic carbocycles. The molecule has 0 spiro atoms. The number of aromatic hydroxyl groups is 1. The van der Waals surface area contributed by atoms with Gasteiger partial charge in [-0.25, -0.2) is 0 Å². The minimum Gasteiger partial charge on any atom is -0.506 e. The molecule has 2 fully saturated rings. The van der Waals surface area contributed by atoms with Gasteiger partial charge < -0.3 is 10.0 Å². The lowest BCUT2D eigenvalue weighted by molar-refractivity contribution is 0.0372. The fourth-order valence-electron chi connectivity index (χ4n) is 3.07. The van der Waals surface area contributed by atoms with E-state index in [2.05, 4.69) is 9.88 Å². The summed E-state index contributed by atoms with van der Waals surface area (Å²) in [6, 6.07) is 2.00. The maximum absolute atomic E-state index is 12.4. The first-order valence-electron chi connectivity index (χ1n) is 6.91. The van der Waals surface area contributed by atoms with Crippen LogP contribution in [0.4, 0.5) is 0 Å². The number of nitrogens with zero attached hydrogens (tertiary/aromatic N) is 3. The standard InChI is InChI=1S/C14H19N3O2/c18-13-7-11(8-15-9-13)14(19)17-6-5-16-4-2-1-3-12(16)10-17/h7-9,12,18H,1-6,10H2. The predicted octanol–water partition coefficient (Wildman–Crippen LogP) is 1.10. The number of fused-ring (bicyclic) bond motifs is 1. The molecule has 1 aromatic rings. The number of carbonyl (C=O) groups is 1. The molecule has 0 radical (unpaired) electrons. The molecule has 0 aromatic carbocycles. The fourth-order valence-corrected chi connectivity index (χ4v) is 3.07. The van der Waals surface area contributed by atoms with E-state index in [0.29, 0.717) is 11.6 Å². The van der Waals surface area contributed by atoms with Gasteiger partial charge in [-0.1, -0.05) is 6.42 Å². The van der Waals surface area contributed by atoms with E-state index < -0.39 is 0 Å². The lowest BCUT2D eigenvalue weighted by Gasteiger charge is -2.44. The molecule has 102 valence electrons. The van der Waals surface area contributed by atoms with Crippen molar-refractivity contribution in [1.82, 2.24) is 14.8 Å². The number of hydrogen-bond donors (Lipinski definition) is 1. The highest BCUT2D eigenvalue weighted by Crippen LogP contribution is 2.22. The summed E-state index contributed by atoms with van der Waals surface area (Å²) in [5.41, 5.74) is 0.476. The highest BCUT2D eigenvalue weighted by Gasteiger charge is 2.31. The Labute approximate surface area is 112 Å². The summed E-state index contributed by atoms with van der Waals surface area (Å²) < 4.78 is 0. The summed E-state index contributed by atoms with van der Waals surface area (Å²) >= 11 is 0. The van der Waals surface area contributed by atoms with Gasteiger partial charge in [0.15, 0.2) is 0 Å². The molecule has 1 amide bonds. The van der Waals surface area contributed by atoms with Crippen LogP contribution in [0.5, 0.6) is 5.75 Å². The second-order valence-electron chi connectivity index (χ2n) is 5.37. The van der Waals surface area contributed by atoms with Crippen LogP contribution in [0.2, 0.25) is 0 Å². The van der Waals surface area contributed by atoms with Crippen molar-refractivity contribution in [3.8, 4) is 5.75 Å². The molecule has 1 atom stereocenters. The molecule has 5 heteroatoms. The summed E-state index contributed by atoms with van der Waals surface area (Å²) in [5, 5.41) is 9.41. The zero-order chi connectivity index (χ0) is 13.2. The Kier molecular flexibility index (Phi) is 3.38. The first-order valence-corrected chi connectivity index (χ1v) is 6.91. The van der Waals surface area contributed by atoms with Crippen molar-refractivity contribution in [2.24, 2.45) is 0 Å². The van der Waals surface area contributed by atoms with E-state index in [1.54, 1.807) is 0 Å². The van der Waals surface area contributed by atoms with Crippen LogP contribution in [0.15, 0.2) is 18.5 Å². The van der Waals surface area contributed by atoms with Crippen LogP contribution >= 0.6 is 0 Å². The Hall–Kier alpha value is -1.62. The van der Waals surface area contributed by atoms with E-state index in [4.69, 9.17) is 0 Å². The quantitative estimate of drug-likeness (QED) is 0.822. The van der Waals surface area contributed by atoms with Crippen LogP contribution in [0.1, 0.15) is 29.6 Å². The molecule has 3 rings (SSSR count). The Morgan fingerprint density at radius 1 is 1.26 bits per heavy atom. The number of rotatable bonds is 1.